The van der Waals surface area contributed by atoms with Gasteiger partial charge in [-0.3, -0.25) is 9.59 Å². The molecule has 2 aromatic carbocycles. The van der Waals surface area contributed by atoms with Crippen LogP contribution in [0.15, 0.2) is 48.5 Å². The molecule has 0 bridgehead atoms. The molecule has 168 valence electrons. The Labute approximate surface area is 195 Å². The third-order valence-electron chi connectivity index (χ3n) is 4.89. The van der Waals surface area contributed by atoms with Crippen LogP contribution in [0.1, 0.15) is 43.9 Å². The van der Waals surface area contributed by atoms with Crippen LogP contribution in [0.3, 0.4) is 0 Å². The number of nitrogens with one attached hydrogen (secondary N) is 1. The Bertz CT molecular complexity index is 872. The Morgan fingerprint density at radius 3 is 2.45 bits per heavy atom. The van der Waals surface area contributed by atoms with E-state index in [1.54, 1.807) is 16.7 Å². The van der Waals surface area contributed by atoms with Crippen LogP contribution in [0, 0.1) is 12.8 Å². The zero-order valence-corrected chi connectivity index (χ0v) is 20.4. The highest BCUT2D eigenvalue weighted by Gasteiger charge is 2.28. The number of hydrogen-bond acceptors (Lipinski definition) is 3. The molecule has 1 atom stereocenters. The molecule has 0 saturated carbocycles. The first-order valence-corrected chi connectivity index (χ1v) is 12.3. The third-order valence-corrected chi connectivity index (χ3v) is 6.11. The lowest BCUT2D eigenvalue weighted by atomic mass is 10.1. The van der Waals surface area contributed by atoms with E-state index in [4.69, 9.17) is 11.6 Å². The second-order valence-corrected chi connectivity index (χ2v) is 9.62. The van der Waals surface area contributed by atoms with Gasteiger partial charge >= 0.3 is 0 Å². The van der Waals surface area contributed by atoms with Crippen LogP contribution in [-0.2, 0) is 21.9 Å². The van der Waals surface area contributed by atoms with Gasteiger partial charge in [0.1, 0.15) is 6.04 Å². The van der Waals surface area contributed by atoms with E-state index in [-0.39, 0.29) is 11.8 Å². The summed E-state index contributed by atoms with van der Waals surface area (Å²) in [6, 6.07) is 15.3. The normalized spacial score (nSPS) is 11.9. The molecule has 0 spiro atoms. The van der Waals surface area contributed by atoms with Crippen molar-refractivity contribution in [1.29, 1.82) is 0 Å². The number of carbonyl (C=O) groups is 2. The highest BCUT2D eigenvalue weighted by molar-refractivity contribution is 7.99. The maximum absolute atomic E-state index is 13.2. The van der Waals surface area contributed by atoms with Crippen LogP contribution in [0.25, 0.3) is 0 Å². The van der Waals surface area contributed by atoms with Crippen LogP contribution in [0.5, 0.6) is 0 Å². The third kappa shape index (κ3) is 8.58. The summed E-state index contributed by atoms with van der Waals surface area (Å²) in [4.78, 5) is 27.9. The Balaban J connectivity index is 2.12. The summed E-state index contributed by atoms with van der Waals surface area (Å²) < 4.78 is 0. The van der Waals surface area contributed by atoms with Gasteiger partial charge in [-0.05, 0) is 42.5 Å². The zero-order valence-electron chi connectivity index (χ0n) is 18.9. The minimum Gasteiger partial charge on any atom is -0.354 e. The molecule has 0 aliphatic heterocycles. The molecule has 0 heterocycles. The molecule has 31 heavy (non-hydrogen) atoms. The van der Waals surface area contributed by atoms with Gasteiger partial charge in [-0.25, -0.2) is 0 Å². The van der Waals surface area contributed by atoms with E-state index in [0.717, 1.165) is 16.7 Å². The molecule has 0 radical (unpaired) electrons. The first-order chi connectivity index (χ1) is 14.8. The van der Waals surface area contributed by atoms with Gasteiger partial charge in [0, 0.05) is 23.9 Å². The summed E-state index contributed by atoms with van der Waals surface area (Å²) >= 11 is 7.60. The molecule has 2 rings (SSSR count). The predicted molar refractivity (Wildman–Crippen MR) is 131 cm³/mol. The van der Waals surface area contributed by atoms with Crippen LogP contribution in [-0.4, -0.2) is 35.1 Å². The fourth-order valence-corrected chi connectivity index (χ4v) is 4.39. The fourth-order valence-electron chi connectivity index (χ4n) is 3.32. The number of nitrogens with zero attached hydrogens (tertiary/aromatic N) is 1. The molecular weight excluding hydrogens is 428 g/mol. The molecule has 4 nitrogen and oxygen atoms in total. The Hall–Kier alpha value is -1.98. The number of hydrogen-bond donors (Lipinski definition) is 1. The molecule has 0 aliphatic carbocycles. The van der Waals surface area contributed by atoms with Crippen molar-refractivity contribution in [3.8, 4) is 0 Å². The number of amides is 2. The quantitative estimate of drug-likeness (QED) is 0.484. The Morgan fingerprint density at radius 2 is 1.81 bits per heavy atom. The van der Waals surface area contributed by atoms with Crippen molar-refractivity contribution in [2.45, 2.75) is 52.5 Å². The lowest BCUT2D eigenvalue weighted by molar-refractivity contribution is -0.139. The van der Waals surface area contributed by atoms with Crippen LogP contribution in [0.2, 0.25) is 5.02 Å². The molecule has 0 unspecified atom stereocenters. The van der Waals surface area contributed by atoms with Gasteiger partial charge in [-0.15, -0.1) is 11.8 Å². The minimum absolute atomic E-state index is 0.0277. The molecule has 2 aromatic rings. The second-order valence-electron chi connectivity index (χ2n) is 8.20. The number of carbonyl (C=O) groups excluding carboxylic acids is 2. The van der Waals surface area contributed by atoms with Crippen LogP contribution in [0.4, 0.5) is 0 Å². The molecule has 0 fully saturated rings. The zero-order chi connectivity index (χ0) is 22.8. The smallest absolute Gasteiger partial charge is 0.242 e. The van der Waals surface area contributed by atoms with Crippen molar-refractivity contribution in [3.63, 3.8) is 0 Å². The van der Waals surface area contributed by atoms with Crippen molar-refractivity contribution < 1.29 is 9.59 Å². The number of benzene rings is 2. The minimum atomic E-state index is -0.487. The summed E-state index contributed by atoms with van der Waals surface area (Å²) in [6.45, 7) is 9.13. The van der Waals surface area contributed by atoms with Crippen molar-refractivity contribution >= 4 is 35.2 Å². The van der Waals surface area contributed by atoms with E-state index in [1.807, 2.05) is 56.3 Å². The first kappa shape index (κ1) is 25.3. The largest absolute Gasteiger partial charge is 0.354 e. The van der Waals surface area contributed by atoms with Crippen molar-refractivity contribution in [1.82, 2.24) is 10.2 Å². The average Bonchev–Trinajstić information content (AvgIpc) is 2.72. The summed E-state index contributed by atoms with van der Waals surface area (Å²) in [5.74, 6) is 1.25. The summed E-state index contributed by atoms with van der Waals surface area (Å²) in [5.41, 5.74) is 3.25. The topological polar surface area (TPSA) is 49.4 Å². The summed E-state index contributed by atoms with van der Waals surface area (Å²) in [6.07, 6.45) is 0.570. The monoisotopic (exact) mass is 460 g/mol. The Morgan fingerprint density at radius 1 is 1.10 bits per heavy atom. The van der Waals surface area contributed by atoms with Gasteiger partial charge in [0.15, 0.2) is 0 Å². The lowest BCUT2D eigenvalue weighted by Gasteiger charge is -2.31. The van der Waals surface area contributed by atoms with E-state index < -0.39 is 6.04 Å². The molecule has 0 aromatic heterocycles. The number of halogens is 1. The Kier molecular flexibility index (Phi) is 10.4. The molecule has 1 N–H and O–H groups in total. The van der Waals surface area contributed by atoms with Crippen LogP contribution >= 0.6 is 23.4 Å². The highest BCUT2D eigenvalue weighted by Crippen LogP contribution is 2.19. The van der Waals surface area contributed by atoms with Crippen molar-refractivity contribution in [3.05, 3.63) is 70.2 Å². The van der Waals surface area contributed by atoms with Gasteiger partial charge in [-0.2, -0.15) is 0 Å². The van der Waals surface area contributed by atoms with Gasteiger partial charge in [0.2, 0.25) is 11.8 Å². The molecule has 6 heteroatoms. The van der Waals surface area contributed by atoms with E-state index in [2.05, 4.69) is 25.2 Å². The molecule has 0 aliphatic rings. The molecule has 2 amide bonds. The lowest BCUT2D eigenvalue weighted by Crippen LogP contribution is -2.50. The second kappa shape index (κ2) is 12.8. The summed E-state index contributed by atoms with van der Waals surface area (Å²) in [7, 11) is 0. The standard InChI is InChI=1S/C25H33ClN2O2S/c1-5-23(25(30)27-14-18(2)3)28(15-20-9-6-8-19(4)12-20)24(29)17-31-16-21-10-7-11-22(26)13-21/h6-13,18,23H,5,14-17H2,1-4H3,(H,27,30)/t23-/m0/s1. The maximum atomic E-state index is 13.2. The highest BCUT2D eigenvalue weighted by atomic mass is 35.5. The SMILES string of the molecule is CC[C@@H](C(=O)NCC(C)C)N(Cc1cccc(C)c1)C(=O)CSCc1cccc(Cl)c1. The van der Waals surface area contributed by atoms with Gasteiger partial charge < -0.3 is 10.2 Å². The first-order valence-electron chi connectivity index (χ1n) is 10.7. The van der Waals surface area contributed by atoms with Crippen LogP contribution < -0.4 is 5.32 Å². The van der Waals surface area contributed by atoms with E-state index in [0.29, 0.717) is 42.0 Å². The average molecular weight is 461 g/mol. The number of aryl methyl sites for hydroxylation is 1. The number of thioether (sulfide) groups is 1. The van der Waals surface area contributed by atoms with Crippen molar-refractivity contribution in [2.75, 3.05) is 12.3 Å². The van der Waals surface area contributed by atoms with Crippen molar-refractivity contribution in [2.24, 2.45) is 5.92 Å². The van der Waals surface area contributed by atoms with E-state index in [9.17, 15) is 9.59 Å². The number of rotatable bonds is 11. The van der Waals surface area contributed by atoms with Gasteiger partial charge in [0.05, 0.1) is 5.75 Å². The predicted octanol–water partition coefficient (Wildman–Crippen LogP) is 5.46. The van der Waals surface area contributed by atoms with Gasteiger partial charge in [-0.1, -0.05) is 74.3 Å². The van der Waals surface area contributed by atoms with E-state index >= 15 is 0 Å². The summed E-state index contributed by atoms with van der Waals surface area (Å²) in [5, 5.41) is 3.69. The molecule has 0 saturated heterocycles. The van der Waals surface area contributed by atoms with E-state index in [1.165, 1.54) is 0 Å². The molecular formula is C25H33ClN2O2S. The fraction of sp³-hybridized carbons (Fsp3) is 0.440. The maximum Gasteiger partial charge on any atom is 0.242 e. The van der Waals surface area contributed by atoms with Gasteiger partial charge in [0.25, 0.3) is 0 Å².